The Hall–Kier alpha value is -3.29. The molecule has 3 fully saturated rings. The van der Waals surface area contributed by atoms with Crippen molar-refractivity contribution in [1.82, 2.24) is 0 Å². The van der Waals surface area contributed by atoms with Crippen molar-refractivity contribution in [2.75, 3.05) is 13.2 Å². The number of carbonyl (C=O) groups is 5. The average molecular weight is 625 g/mol. The summed E-state index contributed by atoms with van der Waals surface area (Å²) < 4.78 is 10.7. The van der Waals surface area contributed by atoms with Crippen LogP contribution in [0.15, 0.2) is 30.3 Å². The zero-order valence-electron chi connectivity index (χ0n) is 22.8. The summed E-state index contributed by atoms with van der Waals surface area (Å²) in [7, 11) is 0. The average Bonchev–Trinajstić information content (AvgIpc) is 3.00. The summed E-state index contributed by atoms with van der Waals surface area (Å²) in [6.07, 6.45) is -16.5. The molecule has 9 N–H and O–H groups in total. The number of benzene rings is 1. The summed E-state index contributed by atoms with van der Waals surface area (Å²) in [6.45, 7) is -2.02. The summed E-state index contributed by atoms with van der Waals surface area (Å²) in [5, 5.41) is 92.6. The molecule has 1 saturated carbocycles. The number of aliphatic hydroxyl groups excluding tert-OH is 7. The molecule has 16 nitrogen and oxygen atoms in total. The van der Waals surface area contributed by atoms with E-state index in [9.17, 15) is 69.9 Å². The third kappa shape index (κ3) is 5.54. The number of Topliss-reactive ketones (excluding diaryl/α,β-unsaturated/α-hetero) is 3. The fourth-order valence-electron chi connectivity index (χ4n) is 5.81. The predicted octanol–water partition coefficient (Wildman–Crippen LogP) is -5.20. The largest absolute Gasteiger partial charge is 0.508 e. The van der Waals surface area contributed by atoms with Crippen molar-refractivity contribution in [1.29, 1.82) is 0 Å². The molecule has 13 unspecified atom stereocenters. The SMILES string of the molecule is O=CC1C(O)C(O)C(CO)OC1C1(O)C(=O)C(C(=O)/C=C/c2ccc(O)cc2)C(=O)C(C2OC(CO)C(O)C(O)C2O)C1=O. The van der Waals surface area contributed by atoms with Crippen LogP contribution >= 0.6 is 0 Å². The van der Waals surface area contributed by atoms with Gasteiger partial charge in [0.1, 0.15) is 72.7 Å². The van der Waals surface area contributed by atoms with Gasteiger partial charge in [-0.15, -0.1) is 0 Å². The summed E-state index contributed by atoms with van der Waals surface area (Å²) in [5.74, 6) is -13.5. The molecule has 1 aromatic carbocycles. The standard InChI is InChI=1S/C28H32O16/c29-7-12-18(34)19(35)15(9-31)44-27(12)28(42)25(40)16(13(33)6-3-10-1-4-11(32)5-2-10)21(37)17(26(28)41)24-23(39)22(38)20(36)14(8-30)43-24/h1-7,12,14-20,22-24,27,30-32,34-36,38-39,42H,8-9H2/b6-3+. The molecular weight excluding hydrogens is 592 g/mol. The lowest BCUT2D eigenvalue weighted by Gasteiger charge is -2.50. The third-order valence-electron chi connectivity index (χ3n) is 8.31. The van der Waals surface area contributed by atoms with Gasteiger partial charge in [0.25, 0.3) is 0 Å². The molecule has 44 heavy (non-hydrogen) atoms. The van der Waals surface area contributed by atoms with Crippen LogP contribution in [0, 0.1) is 17.8 Å². The zero-order valence-corrected chi connectivity index (χ0v) is 22.8. The number of aromatic hydroxyl groups is 1. The molecule has 2 heterocycles. The van der Waals surface area contributed by atoms with Crippen LogP contribution in [0.1, 0.15) is 5.56 Å². The number of phenols is 1. The lowest BCUT2D eigenvalue weighted by Crippen LogP contribution is -2.75. The number of rotatable bonds is 8. The highest BCUT2D eigenvalue weighted by Gasteiger charge is 2.69. The minimum Gasteiger partial charge on any atom is -0.508 e. The van der Waals surface area contributed by atoms with Gasteiger partial charge in [-0.3, -0.25) is 19.2 Å². The molecule has 0 aromatic heterocycles. The van der Waals surface area contributed by atoms with Crippen molar-refractivity contribution in [3.8, 4) is 5.75 Å². The van der Waals surface area contributed by atoms with E-state index in [2.05, 4.69) is 0 Å². The number of phenolic OH excluding ortho intramolecular Hbond substituents is 1. The summed E-state index contributed by atoms with van der Waals surface area (Å²) in [6, 6.07) is 5.27. The minimum absolute atomic E-state index is 0.0501. The molecule has 2 aliphatic heterocycles. The van der Waals surface area contributed by atoms with Gasteiger partial charge in [0.2, 0.25) is 5.60 Å². The summed E-state index contributed by atoms with van der Waals surface area (Å²) in [4.78, 5) is 67.0. The number of hydrogen-bond donors (Lipinski definition) is 9. The van der Waals surface area contributed by atoms with Crippen LogP contribution in [0.5, 0.6) is 5.75 Å². The Morgan fingerprint density at radius 1 is 0.818 bits per heavy atom. The predicted molar refractivity (Wildman–Crippen MR) is 140 cm³/mol. The van der Waals surface area contributed by atoms with Gasteiger partial charge >= 0.3 is 0 Å². The molecule has 0 bridgehead atoms. The van der Waals surface area contributed by atoms with Gasteiger partial charge in [-0.1, -0.05) is 18.2 Å². The minimum atomic E-state index is -3.62. The van der Waals surface area contributed by atoms with Crippen molar-refractivity contribution in [3.63, 3.8) is 0 Å². The quantitative estimate of drug-likeness (QED) is 0.0742. The Labute approximate surface area is 248 Å². The molecule has 4 rings (SSSR count). The first-order valence-corrected chi connectivity index (χ1v) is 13.5. The highest BCUT2D eigenvalue weighted by molar-refractivity contribution is 6.37. The molecule has 0 spiro atoms. The number of aliphatic hydroxyl groups is 8. The lowest BCUT2D eigenvalue weighted by atomic mass is 9.61. The Bertz CT molecular complexity index is 1310. The van der Waals surface area contributed by atoms with Crippen LogP contribution in [0.3, 0.4) is 0 Å². The fourth-order valence-corrected chi connectivity index (χ4v) is 5.81. The van der Waals surface area contributed by atoms with Crippen LogP contribution in [0.25, 0.3) is 6.08 Å². The van der Waals surface area contributed by atoms with Gasteiger partial charge in [-0.05, 0) is 23.8 Å². The zero-order chi connectivity index (χ0) is 32.7. The van der Waals surface area contributed by atoms with Gasteiger partial charge in [0.15, 0.2) is 23.1 Å². The van der Waals surface area contributed by atoms with E-state index in [1.807, 2.05) is 0 Å². The molecule has 240 valence electrons. The maximum absolute atomic E-state index is 14.0. The summed E-state index contributed by atoms with van der Waals surface area (Å²) >= 11 is 0. The maximum atomic E-state index is 14.0. The van der Waals surface area contributed by atoms with Gasteiger partial charge in [0.05, 0.1) is 25.2 Å². The molecule has 3 aliphatic rings. The Morgan fingerprint density at radius 2 is 1.39 bits per heavy atom. The molecular formula is C28H32O16. The highest BCUT2D eigenvalue weighted by Crippen LogP contribution is 2.42. The number of ketones is 4. The van der Waals surface area contributed by atoms with E-state index < -0.39 is 115 Å². The third-order valence-corrected chi connectivity index (χ3v) is 8.31. The van der Waals surface area contributed by atoms with Crippen molar-refractivity contribution in [2.45, 2.75) is 60.5 Å². The van der Waals surface area contributed by atoms with E-state index in [1.54, 1.807) is 0 Å². The number of carbonyl (C=O) groups excluding carboxylic acids is 5. The monoisotopic (exact) mass is 624 g/mol. The van der Waals surface area contributed by atoms with E-state index >= 15 is 0 Å². The second-order valence-corrected chi connectivity index (χ2v) is 10.9. The van der Waals surface area contributed by atoms with E-state index in [0.29, 0.717) is 5.56 Å². The normalized spacial score (nSPS) is 41.6. The molecule has 13 atom stereocenters. The molecule has 1 aliphatic carbocycles. The van der Waals surface area contributed by atoms with Crippen LogP contribution in [0.4, 0.5) is 0 Å². The first kappa shape index (κ1) is 33.6. The Kier molecular flexibility index (Phi) is 9.91. The highest BCUT2D eigenvalue weighted by atomic mass is 16.6. The number of aldehydes is 1. The Balaban J connectivity index is 1.84. The van der Waals surface area contributed by atoms with Gasteiger partial charge < -0.3 is 60.2 Å². The number of ether oxygens (including phenoxy) is 2. The topological polar surface area (TPSA) is 286 Å². The van der Waals surface area contributed by atoms with Crippen molar-refractivity contribution in [3.05, 3.63) is 35.9 Å². The van der Waals surface area contributed by atoms with Gasteiger partial charge in [-0.25, -0.2) is 0 Å². The van der Waals surface area contributed by atoms with Gasteiger partial charge in [0, 0.05) is 0 Å². The first-order chi connectivity index (χ1) is 20.7. The van der Waals surface area contributed by atoms with E-state index in [4.69, 9.17) is 9.47 Å². The van der Waals surface area contributed by atoms with E-state index in [0.717, 1.165) is 12.2 Å². The fraction of sp³-hybridized carbons (Fsp3) is 0.536. The van der Waals surface area contributed by atoms with E-state index in [1.165, 1.54) is 24.3 Å². The summed E-state index contributed by atoms with van der Waals surface area (Å²) in [5.41, 5.74) is -3.31. The molecule has 1 aromatic rings. The number of allylic oxidation sites excluding steroid dienone is 1. The second-order valence-electron chi connectivity index (χ2n) is 10.9. The second kappa shape index (κ2) is 13.0. The van der Waals surface area contributed by atoms with Crippen LogP contribution in [-0.2, 0) is 33.4 Å². The van der Waals surface area contributed by atoms with Crippen molar-refractivity contribution < 1.29 is 79.4 Å². The molecule has 2 saturated heterocycles. The molecule has 0 amide bonds. The van der Waals surface area contributed by atoms with Gasteiger partial charge in [-0.2, -0.15) is 0 Å². The van der Waals surface area contributed by atoms with Crippen molar-refractivity contribution in [2.24, 2.45) is 17.8 Å². The van der Waals surface area contributed by atoms with Crippen LogP contribution < -0.4 is 0 Å². The maximum Gasteiger partial charge on any atom is 0.210 e. The van der Waals surface area contributed by atoms with Crippen molar-refractivity contribution >= 4 is 35.5 Å². The van der Waals surface area contributed by atoms with Crippen LogP contribution in [0.2, 0.25) is 0 Å². The smallest absolute Gasteiger partial charge is 0.210 e. The lowest BCUT2D eigenvalue weighted by molar-refractivity contribution is -0.253. The first-order valence-electron chi connectivity index (χ1n) is 13.5. The Morgan fingerprint density at radius 3 is 1.95 bits per heavy atom. The van der Waals surface area contributed by atoms with E-state index in [-0.39, 0.29) is 12.0 Å². The number of hydrogen-bond acceptors (Lipinski definition) is 16. The van der Waals surface area contributed by atoms with Crippen LogP contribution in [-0.4, -0.2) is 149 Å². The molecule has 16 heteroatoms. The molecule has 0 radical (unpaired) electrons.